The number of benzene rings is 2. The third-order valence-electron chi connectivity index (χ3n) is 6.61. The van der Waals surface area contributed by atoms with Crippen molar-refractivity contribution in [2.45, 2.75) is 36.8 Å². The number of urea groups is 1. The zero-order chi connectivity index (χ0) is 34.1. The van der Waals surface area contributed by atoms with E-state index in [2.05, 4.69) is 10.6 Å². The van der Waals surface area contributed by atoms with Crippen molar-refractivity contribution in [2.24, 2.45) is 0 Å². The first kappa shape index (κ1) is 34.1. The number of pyridine rings is 1. The number of rotatable bonds is 7. The molecule has 1 saturated heterocycles. The van der Waals surface area contributed by atoms with Crippen molar-refractivity contribution >= 4 is 40.9 Å². The summed E-state index contributed by atoms with van der Waals surface area (Å²) >= 11 is 5.68. The Bertz CT molecular complexity index is 1660. The highest BCUT2D eigenvalue weighted by Crippen LogP contribution is 2.39. The molecular weight excluding hydrogens is 652 g/mol. The average Bonchev–Trinajstić information content (AvgIpc) is 2.99. The number of carboxylic acids is 1. The van der Waals surface area contributed by atoms with Gasteiger partial charge < -0.3 is 45.7 Å². The molecule has 6 N–H and O–H groups in total. The Morgan fingerprint density at radius 1 is 1.02 bits per heavy atom. The van der Waals surface area contributed by atoms with Crippen molar-refractivity contribution in [1.82, 2.24) is 5.32 Å². The largest absolute Gasteiger partial charge is 0.618 e. The van der Waals surface area contributed by atoms with E-state index in [1.807, 2.05) is 0 Å². The van der Waals surface area contributed by atoms with Crippen LogP contribution < -0.4 is 25.0 Å². The predicted molar refractivity (Wildman–Crippen MR) is 148 cm³/mol. The highest BCUT2D eigenvalue weighted by molar-refractivity contribution is 6.31. The first-order valence-corrected chi connectivity index (χ1v) is 13.2. The summed E-state index contributed by atoms with van der Waals surface area (Å²) in [5.41, 5.74) is -3.06. The molecule has 19 heteroatoms. The van der Waals surface area contributed by atoms with E-state index in [9.17, 15) is 53.2 Å². The summed E-state index contributed by atoms with van der Waals surface area (Å²) in [6.07, 6.45) is -15.3. The molecule has 0 spiro atoms. The number of carbonyl (C=O) groups excluding carboxylic acids is 2. The van der Waals surface area contributed by atoms with Gasteiger partial charge in [0.15, 0.2) is 18.5 Å². The van der Waals surface area contributed by atoms with E-state index in [1.54, 1.807) is 0 Å². The molecule has 14 nitrogen and oxygen atoms in total. The van der Waals surface area contributed by atoms with Gasteiger partial charge in [0.1, 0.15) is 35.6 Å². The molecule has 0 saturated carbocycles. The van der Waals surface area contributed by atoms with E-state index in [4.69, 9.17) is 21.1 Å². The number of hydrogen-bond acceptors (Lipinski definition) is 9. The van der Waals surface area contributed by atoms with Gasteiger partial charge in [-0.3, -0.25) is 9.69 Å². The second kappa shape index (κ2) is 13.3. The SMILES string of the molecule is CNC(=O)c1cc(Oc2ccc(NC(=O)N(c3ccc(Cl)c(C(F)(F)F)c3)[C@@H]3O[C@H](C(=O)O)[C@@H](O)[C@H](O)[C@H]3O)c(F)c2)cc[n+]1[O-]. The van der Waals surface area contributed by atoms with Gasteiger partial charge in [0.05, 0.1) is 22.3 Å². The van der Waals surface area contributed by atoms with Crippen LogP contribution in [0.1, 0.15) is 16.1 Å². The number of nitrogens with one attached hydrogen (secondary N) is 2. The minimum Gasteiger partial charge on any atom is -0.618 e. The van der Waals surface area contributed by atoms with Gasteiger partial charge in [-0.1, -0.05) is 11.6 Å². The molecule has 2 heterocycles. The van der Waals surface area contributed by atoms with Crippen molar-refractivity contribution in [1.29, 1.82) is 0 Å². The van der Waals surface area contributed by atoms with Crippen LogP contribution >= 0.6 is 11.6 Å². The van der Waals surface area contributed by atoms with E-state index >= 15 is 4.39 Å². The summed E-state index contributed by atoms with van der Waals surface area (Å²) in [7, 11) is 1.29. The van der Waals surface area contributed by atoms with Gasteiger partial charge in [0, 0.05) is 24.9 Å². The summed E-state index contributed by atoms with van der Waals surface area (Å²) in [5.74, 6) is -3.97. The van der Waals surface area contributed by atoms with E-state index in [-0.39, 0.29) is 26.8 Å². The number of halogens is 5. The average molecular weight is 675 g/mol. The molecule has 1 aliphatic heterocycles. The lowest BCUT2D eigenvalue weighted by Crippen LogP contribution is -2.65. The number of aliphatic hydroxyl groups excluding tert-OH is 3. The van der Waals surface area contributed by atoms with Crippen LogP contribution in [0.15, 0.2) is 54.7 Å². The summed E-state index contributed by atoms with van der Waals surface area (Å²) in [6, 6.07) is 5.65. The molecule has 0 bridgehead atoms. The van der Waals surface area contributed by atoms with Crippen LogP contribution in [-0.4, -0.2) is 76.0 Å². The van der Waals surface area contributed by atoms with Gasteiger partial charge in [0.2, 0.25) is 0 Å². The van der Waals surface area contributed by atoms with Gasteiger partial charge in [-0.2, -0.15) is 17.9 Å². The molecule has 5 atom stereocenters. The monoisotopic (exact) mass is 674 g/mol. The standard InChI is InChI=1S/C27H23ClF4N4O10/c1-33-23(40)18-10-13(6-7-35(18)44)45-12-3-5-17(16(29)9-12)34-26(43)36(11-2-4-15(28)14(8-11)27(30,31)32)24-21(39)19(37)20(38)22(46-24)25(41)42/h2-10,19-22,24,37-39H,1H3,(H,33,40)(H,34,43)(H,41,42)/t19-,20-,21+,22-,24+/m0/s1. The maximum absolute atomic E-state index is 15.1. The number of hydrogen-bond donors (Lipinski definition) is 6. The summed E-state index contributed by atoms with van der Waals surface area (Å²) in [4.78, 5) is 37.3. The van der Waals surface area contributed by atoms with Crippen molar-refractivity contribution < 1.29 is 66.6 Å². The number of ether oxygens (including phenoxy) is 2. The van der Waals surface area contributed by atoms with E-state index in [0.717, 1.165) is 42.6 Å². The van der Waals surface area contributed by atoms with Crippen molar-refractivity contribution in [3.05, 3.63) is 82.0 Å². The quantitative estimate of drug-likeness (QED) is 0.122. The van der Waals surface area contributed by atoms with Crippen LogP contribution in [0, 0.1) is 11.0 Å². The molecule has 3 aromatic rings. The van der Waals surface area contributed by atoms with Crippen LogP contribution in [0.2, 0.25) is 5.02 Å². The fourth-order valence-electron chi connectivity index (χ4n) is 4.34. The third-order valence-corrected chi connectivity index (χ3v) is 6.94. The number of carbonyl (C=O) groups is 3. The Kier molecular flexibility index (Phi) is 9.88. The Balaban J connectivity index is 1.68. The lowest BCUT2D eigenvalue weighted by atomic mass is 9.97. The lowest BCUT2D eigenvalue weighted by Gasteiger charge is -2.43. The zero-order valence-corrected chi connectivity index (χ0v) is 23.9. The van der Waals surface area contributed by atoms with Crippen LogP contribution in [0.25, 0.3) is 0 Å². The molecule has 1 fully saturated rings. The second-order valence-electron chi connectivity index (χ2n) is 9.62. The fourth-order valence-corrected chi connectivity index (χ4v) is 4.56. The van der Waals surface area contributed by atoms with Crippen LogP contribution in [0.3, 0.4) is 0 Å². The molecule has 2 aromatic carbocycles. The van der Waals surface area contributed by atoms with Gasteiger partial charge in [-0.05, 0) is 30.3 Å². The molecule has 1 aromatic heterocycles. The smallest absolute Gasteiger partial charge is 0.417 e. The topological polar surface area (TPSA) is 205 Å². The Hall–Kier alpha value is -4.75. The number of alkyl halides is 3. The molecule has 4 rings (SSSR count). The number of anilines is 2. The fraction of sp³-hybridized carbons (Fsp3) is 0.259. The van der Waals surface area contributed by atoms with Crippen molar-refractivity contribution in [2.75, 3.05) is 17.3 Å². The highest BCUT2D eigenvalue weighted by Gasteiger charge is 2.50. The maximum Gasteiger partial charge on any atom is 0.417 e. The Morgan fingerprint density at radius 2 is 1.70 bits per heavy atom. The Labute approximate surface area is 260 Å². The minimum atomic E-state index is -5.05. The lowest BCUT2D eigenvalue weighted by molar-refractivity contribution is -0.607. The molecule has 46 heavy (non-hydrogen) atoms. The first-order chi connectivity index (χ1) is 21.5. The molecule has 0 unspecified atom stereocenters. The number of aliphatic carboxylic acids is 1. The van der Waals surface area contributed by atoms with E-state index < -0.39 is 82.5 Å². The highest BCUT2D eigenvalue weighted by atomic mass is 35.5. The molecule has 0 aliphatic carbocycles. The van der Waals surface area contributed by atoms with Crippen molar-refractivity contribution in [3.63, 3.8) is 0 Å². The number of carboxylic acid groups (broad SMARTS) is 1. The third kappa shape index (κ3) is 7.05. The van der Waals surface area contributed by atoms with E-state index in [0.29, 0.717) is 6.07 Å². The maximum atomic E-state index is 15.1. The van der Waals surface area contributed by atoms with Gasteiger partial charge in [-0.25, -0.2) is 14.0 Å². The second-order valence-corrected chi connectivity index (χ2v) is 10.0. The van der Waals surface area contributed by atoms with Gasteiger partial charge >= 0.3 is 24.1 Å². The van der Waals surface area contributed by atoms with Gasteiger partial charge in [0.25, 0.3) is 5.69 Å². The number of aromatic nitrogens is 1. The number of amides is 3. The minimum absolute atomic E-state index is 0.0477. The zero-order valence-electron chi connectivity index (χ0n) is 23.1. The van der Waals surface area contributed by atoms with Crippen LogP contribution in [-0.2, 0) is 15.7 Å². The van der Waals surface area contributed by atoms with Gasteiger partial charge in [-0.15, -0.1) is 0 Å². The normalized spacial score (nSPS) is 21.3. The molecule has 1 aliphatic rings. The Morgan fingerprint density at radius 3 is 2.30 bits per heavy atom. The van der Waals surface area contributed by atoms with Crippen LogP contribution in [0.4, 0.5) is 33.7 Å². The number of aliphatic hydroxyl groups is 3. The first-order valence-electron chi connectivity index (χ1n) is 12.9. The van der Waals surface area contributed by atoms with E-state index in [1.165, 1.54) is 13.1 Å². The summed E-state index contributed by atoms with van der Waals surface area (Å²) < 4.78 is 67.0. The predicted octanol–water partition coefficient (Wildman–Crippen LogP) is 2.21. The molecular formula is C27H23ClF4N4O10. The van der Waals surface area contributed by atoms with Crippen molar-refractivity contribution in [3.8, 4) is 11.5 Å². The van der Waals surface area contributed by atoms with Crippen LogP contribution in [0.5, 0.6) is 11.5 Å². The molecule has 0 radical (unpaired) electrons. The summed E-state index contributed by atoms with van der Waals surface area (Å²) in [5, 5.41) is 55.8. The molecule has 3 amide bonds. The summed E-state index contributed by atoms with van der Waals surface area (Å²) in [6.45, 7) is 0. The molecule has 246 valence electrons. The number of nitrogens with zero attached hydrogens (tertiary/aromatic N) is 2.